The topological polar surface area (TPSA) is 40.5 Å². The highest BCUT2D eigenvalue weighted by Gasteiger charge is 2.15. The number of hydrogen-bond acceptors (Lipinski definition) is 2. The van der Waals surface area contributed by atoms with Crippen LogP contribution in [0.2, 0.25) is 0 Å². The molecule has 0 aromatic rings. The summed E-state index contributed by atoms with van der Waals surface area (Å²) in [5, 5.41) is 8.94. The van der Waals surface area contributed by atoms with Gasteiger partial charge in [0.1, 0.15) is 0 Å². The zero-order valence-electron chi connectivity index (χ0n) is 11.7. The largest absolute Gasteiger partial charge is 0.481 e. The molecule has 1 atom stereocenters. The molecule has 0 aliphatic carbocycles. The fourth-order valence-corrected chi connectivity index (χ4v) is 1.90. The lowest BCUT2D eigenvalue weighted by atomic mass is 10.1. The van der Waals surface area contributed by atoms with Crippen LogP contribution in [0.3, 0.4) is 0 Å². The molecule has 1 N–H and O–H groups in total. The highest BCUT2D eigenvalue weighted by atomic mass is 16.4. The number of hydrogen-bond donors (Lipinski definition) is 1. The predicted molar refractivity (Wildman–Crippen MR) is 72.3 cm³/mol. The Bertz CT molecular complexity index is 195. The molecule has 0 rings (SSSR count). The number of nitrogens with zero attached hydrogens (tertiary/aromatic N) is 1. The maximum absolute atomic E-state index is 10.9. The molecule has 0 aliphatic rings. The number of carboxylic acids is 1. The molecule has 0 radical (unpaired) electrons. The monoisotopic (exact) mass is 243 g/mol. The molecule has 17 heavy (non-hydrogen) atoms. The Kier molecular flexibility index (Phi) is 10.2. The summed E-state index contributed by atoms with van der Waals surface area (Å²) < 4.78 is 0. The summed E-state index contributed by atoms with van der Waals surface area (Å²) in [7, 11) is 0. The van der Waals surface area contributed by atoms with Crippen LogP contribution in [0.25, 0.3) is 0 Å². The molecular formula is C14H29NO2. The van der Waals surface area contributed by atoms with Gasteiger partial charge in [0, 0.05) is 6.54 Å². The molecule has 0 aliphatic heterocycles. The van der Waals surface area contributed by atoms with E-state index in [1.54, 1.807) is 6.92 Å². The lowest BCUT2D eigenvalue weighted by molar-refractivity contribution is -0.141. The molecule has 3 nitrogen and oxygen atoms in total. The van der Waals surface area contributed by atoms with Crippen molar-refractivity contribution in [2.75, 3.05) is 19.6 Å². The van der Waals surface area contributed by atoms with E-state index in [2.05, 4.69) is 18.7 Å². The van der Waals surface area contributed by atoms with Gasteiger partial charge in [0.25, 0.3) is 0 Å². The Balaban J connectivity index is 3.90. The third-order valence-electron chi connectivity index (χ3n) is 3.11. The Morgan fingerprint density at radius 2 is 1.65 bits per heavy atom. The first-order valence-corrected chi connectivity index (χ1v) is 7.06. The van der Waals surface area contributed by atoms with Crippen LogP contribution in [-0.4, -0.2) is 35.6 Å². The van der Waals surface area contributed by atoms with Crippen molar-refractivity contribution in [1.29, 1.82) is 0 Å². The molecule has 0 saturated heterocycles. The fourth-order valence-electron chi connectivity index (χ4n) is 1.90. The first-order chi connectivity index (χ1) is 8.11. The van der Waals surface area contributed by atoms with Crippen molar-refractivity contribution in [2.45, 2.75) is 59.3 Å². The van der Waals surface area contributed by atoms with Crippen molar-refractivity contribution in [3.8, 4) is 0 Å². The summed E-state index contributed by atoms with van der Waals surface area (Å²) in [6, 6.07) is 0. The van der Waals surface area contributed by atoms with E-state index in [1.807, 2.05) is 0 Å². The molecule has 0 aromatic heterocycles. The normalized spacial score (nSPS) is 12.9. The highest BCUT2D eigenvalue weighted by Crippen LogP contribution is 2.06. The smallest absolute Gasteiger partial charge is 0.307 e. The first-order valence-electron chi connectivity index (χ1n) is 7.06. The molecule has 0 heterocycles. The van der Waals surface area contributed by atoms with E-state index in [0.29, 0.717) is 6.54 Å². The predicted octanol–water partition coefficient (Wildman–Crippen LogP) is 3.39. The van der Waals surface area contributed by atoms with E-state index >= 15 is 0 Å². The van der Waals surface area contributed by atoms with Crippen LogP contribution in [0.4, 0.5) is 0 Å². The minimum atomic E-state index is -0.681. The number of rotatable bonds is 11. The van der Waals surface area contributed by atoms with E-state index < -0.39 is 5.97 Å². The molecule has 0 aromatic carbocycles. The molecule has 0 bridgehead atoms. The SMILES string of the molecule is CCCCCCN(CCCC)CC(C)C(=O)O. The van der Waals surface area contributed by atoms with Gasteiger partial charge in [-0.25, -0.2) is 0 Å². The summed E-state index contributed by atoms with van der Waals surface area (Å²) in [5.41, 5.74) is 0. The molecule has 0 fully saturated rings. The summed E-state index contributed by atoms with van der Waals surface area (Å²) in [4.78, 5) is 13.2. The Labute approximate surface area is 106 Å². The first kappa shape index (κ1) is 16.4. The molecule has 1 unspecified atom stereocenters. The minimum absolute atomic E-state index is 0.252. The summed E-state index contributed by atoms with van der Waals surface area (Å²) in [5.74, 6) is -0.932. The summed E-state index contributed by atoms with van der Waals surface area (Å²) in [6.45, 7) is 8.98. The second-order valence-electron chi connectivity index (χ2n) is 4.95. The van der Waals surface area contributed by atoms with Crippen molar-refractivity contribution in [2.24, 2.45) is 5.92 Å². The van der Waals surface area contributed by atoms with Gasteiger partial charge >= 0.3 is 5.97 Å². The molecule has 3 heteroatoms. The Hall–Kier alpha value is -0.570. The van der Waals surface area contributed by atoms with Crippen molar-refractivity contribution in [1.82, 2.24) is 4.90 Å². The average Bonchev–Trinajstić information content (AvgIpc) is 2.30. The van der Waals surface area contributed by atoms with Crippen molar-refractivity contribution < 1.29 is 9.90 Å². The zero-order valence-corrected chi connectivity index (χ0v) is 11.7. The maximum atomic E-state index is 10.9. The van der Waals surface area contributed by atoms with Crippen molar-refractivity contribution in [3.63, 3.8) is 0 Å². The average molecular weight is 243 g/mol. The summed E-state index contributed by atoms with van der Waals surface area (Å²) >= 11 is 0. The van der Waals surface area contributed by atoms with E-state index in [-0.39, 0.29) is 5.92 Å². The number of carboxylic acid groups (broad SMARTS) is 1. The van der Waals surface area contributed by atoms with Gasteiger partial charge in [0.15, 0.2) is 0 Å². The quantitative estimate of drug-likeness (QED) is 0.565. The van der Waals surface area contributed by atoms with Crippen LogP contribution < -0.4 is 0 Å². The molecule has 0 amide bonds. The molecule has 0 spiro atoms. The lowest BCUT2D eigenvalue weighted by Gasteiger charge is -2.24. The van der Waals surface area contributed by atoms with Crippen LogP contribution in [-0.2, 0) is 4.79 Å². The minimum Gasteiger partial charge on any atom is -0.481 e. The Morgan fingerprint density at radius 3 is 2.18 bits per heavy atom. The zero-order chi connectivity index (χ0) is 13.1. The van der Waals surface area contributed by atoms with Crippen LogP contribution in [0.1, 0.15) is 59.3 Å². The Morgan fingerprint density at radius 1 is 1.06 bits per heavy atom. The number of unbranched alkanes of at least 4 members (excludes halogenated alkanes) is 4. The fraction of sp³-hybridized carbons (Fsp3) is 0.929. The van der Waals surface area contributed by atoms with E-state index in [1.165, 1.54) is 38.5 Å². The van der Waals surface area contributed by atoms with E-state index in [9.17, 15) is 4.79 Å². The highest BCUT2D eigenvalue weighted by molar-refractivity contribution is 5.69. The van der Waals surface area contributed by atoms with Crippen LogP contribution >= 0.6 is 0 Å². The maximum Gasteiger partial charge on any atom is 0.307 e. The third kappa shape index (κ3) is 9.16. The van der Waals surface area contributed by atoms with Gasteiger partial charge in [-0.05, 0) is 25.9 Å². The van der Waals surface area contributed by atoms with Crippen LogP contribution in [0, 0.1) is 5.92 Å². The van der Waals surface area contributed by atoms with Gasteiger partial charge < -0.3 is 10.0 Å². The summed E-state index contributed by atoms with van der Waals surface area (Å²) in [6.07, 6.45) is 7.34. The van der Waals surface area contributed by atoms with Crippen LogP contribution in [0.5, 0.6) is 0 Å². The van der Waals surface area contributed by atoms with Crippen LogP contribution in [0.15, 0.2) is 0 Å². The van der Waals surface area contributed by atoms with E-state index in [4.69, 9.17) is 5.11 Å². The van der Waals surface area contributed by atoms with Gasteiger partial charge in [-0.15, -0.1) is 0 Å². The van der Waals surface area contributed by atoms with Crippen molar-refractivity contribution >= 4 is 5.97 Å². The van der Waals surface area contributed by atoms with Gasteiger partial charge in [0.05, 0.1) is 5.92 Å². The van der Waals surface area contributed by atoms with Gasteiger partial charge in [-0.1, -0.05) is 46.5 Å². The molecule has 102 valence electrons. The number of carbonyl (C=O) groups is 1. The van der Waals surface area contributed by atoms with Gasteiger partial charge in [-0.2, -0.15) is 0 Å². The van der Waals surface area contributed by atoms with Gasteiger partial charge in [0.2, 0.25) is 0 Å². The molecular weight excluding hydrogens is 214 g/mol. The standard InChI is InChI=1S/C14H29NO2/c1-4-6-8-9-11-15(10-7-5-2)12-13(3)14(16)17/h13H,4-12H2,1-3H3,(H,16,17). The lowest BCUT2D eigenvalue weighted by Crippen LogP contribution is -2.33. The van der Waals surface area contributed by atoms with Gasteiger partial charge in [-0.3, -0.25) is 4.79 Å². The second-order valence-corrected chi connectivity index (χ2v) is 4.95. The third-order valence-corrected chi connectivity index (χ3v) is 3.11. The van der Waals surface area contributed by atoms with E-state index in [0.717, 1.165) is 13.1 Å². The molecule has 0 saturated carbocycles. The number of aliphatic carboxylic acids is 1. The van der Waals surface area contributed by atoms with Crippen molar-refractivity contribution in [3.05, 3.63) is 0 Å². The second kappa shape index (κ2) is 10.6.